The maximum Gasteiger partial charge on any atom is 0.205 e. The van der Waals surface area contributed by atoms with Gasteiger partial charge in [0.05, 0.1) is 11.6 Å². The first-order valence-electron chi connectivity index (χ1n) is 4.91. The first-order valence-corrected chi connectivity index (χ1v) is 5.73. The van der Waals surface area contributed by atoms with Gasteiger partial charge >= 0.3 is 0 Å². The number of nitrogens with one attached hydrogen (secondary N) is 1. The zero-order valence-electron chi connectivity index (χ0n) is 8.77. The van der Waals surface area contributed by atoms with E-state index in [1.165, 1.54) is 11.3 Å². The van der Waals surface area contributed by atoms with Crippen LogP contribution in [0.4, 0.5) is 5.13 Å². The summed E-state index contributed by atoms with van der Waals surface area (Å²) in [6.07, 6.45) is 0. The highest BCUT2D eigenvalue weighted by molar-refractivity contribution is 7.18. The lowest BCUT2D eigenvalue weighted by Gasteiger charge is -1.95. The monoisotopic (exact) mass is 230 g/mol. The molecule has 0 spiro atoms. The van der Waals surface area contributed by atoms with Crippen LogP contribution in [0, 0.1) is 11.3 Å². The number of aromatic nitrogens is 2. The van der Waals surface area contributed by atoms with Crippen LogP contribution >= 0.6 is 11.3 Å². The van der Waals surface area contributed by atoms with E-state index in [2.05, 4.69) is 21.6 Å². The molecule has 1 aromatic carbocycles. The molecule has 16 heavy (non-hydrogen) atoms. The van der Waals surface area contributed by atoms with E-state index in [-0.39, 0.29) is 0 Å². The van der Waals surface area contributed by atoms with E-state index in [0.717, 1.165) is 22.2 Å². The Balaban J connectivity index is 2.32. The third-order valence-corrected chi connectivity index (χ3v) is 2.92. The number of hydrogen-bond acceptors (Lipinski definition) is 5. The molecule has 80 valence electrons. The summed E-state index contributed by atoms with van der Waals surface area (Å²) in [5.74, 6) is 0. The van der Waals surface area contributed by atoms with Crippen LogP contribution in [0.3, 0.4) is 0 Å². The fourth-order valence-corrected chi connectivity index (χ4v) is 2.09. The Hall–Kier alpha value is -1.93. The number of nitrogens with zero attached hydrogens (tertiary/aromatic N) is 3. The average molecular weight is 230 g/mol. The van der Waals surface area contributed by atoms with Gasteiger partial charge < -0.3 is 5.32 Å². The third-order valence-electron chi connectivity index (χ3n) is 1.99. The van der Waals surface area contributed by atoms with Gasteiger partial charge in [0.2, 0.25) is 5.13 Å². The number of nitriles is 1. The lowest BCUT2D eigenvalue weighted by atomic mass is 10.1. The summed E-state index contributed by atoms with van der Waals surface area (Å²) in [7, 11) is 0. The molecular weight excluding hydrogens is 220 g/mol. The molecule has 1 heterocycles. The molecule has 1 aromatic heterocycles. The SMILES string of the molecule is CCNc1nnc(-c2cccc(C#N)c2)s1. The number of hydrogen-bond donors (Lipinski definition) is 1. The molecule has 0 bridgehead atoms. The Labute approximate surface area is 97.6 Å². The molecule has 0 amide bonds. The van der Waals surface area contributed by atoms with Gasteiger partial charge in [-0.15, -0.1) is 10.2 Å². The molecule has 0 aliphatic rings. The molecule has 2 aromatic rings. The van der Waals surface area contributed by atoms with E-state index in [1.807, 2.05) is 25.1 Å². The van der Waals surface area contributed by atoms with Crippen molar-refractivity contribution in [3.63, 3.8) is 0 Å². The van der Waals surface area contributed by atoms with E-state index in [4.69, 9.17) is 5.26 Å². The van der Waals surface area contributed by atoms with Gasteiger partial charge in [-0.2, -0.15) is 5.26 Å². The van der Waals surface area contributed by atoms with Crippen molar-refractivity contribution in [1.82, 2.24) is 10.2 Å². The Morgan fingerprint density at radius 1 is 1.44 bits per heavy atom. The van der Waals surface area contributed by atoms with Crippen LogP contribution in [0.5, 0.6) is 0 Å². The predicted octanol–water partition coefficient (Wildman–Crippen LogP) is 2.51. The van der Waals surface area contributed by atoms with Crippen LogP contribution in [0.1, 0.15) is 12.5 Å². The van der Waals surface area contributed by atoms with Crippen LogP contribution in [0.25, 0.3) is 10.6 Å². The summed E-state index contributed by atoms with van der Waals surface area (Å²) in [4.78, 5) is 0. The lowest BCUT2D eigenvalue weighted by Crippen LogP contribution is -1.94. The molecule has 0 aliphatic carbocycles. The quantitative estimate of drug-likeness (QED) is 0.880. The van der Waals surface area contributed by atoms with Crippen LogP contribution in [-0.2, 0) is 0 Å². The van der Waals surface area contributed by atoms with Crippen molar-refractivity contribution in [2.24, 2.45) is 0 Å². The summed E-state index contributed by atoms with van der Waals surface area (Å²) < 4.78 is 0. The lowest BCUT2D eigenvalue weighted by molar-refractivity contribution is 1.07. The summed E-state index contributed by atoms with van der Waals surface area (Å²) in [6, 6.07) is 9.48. The van der Waals surface area contributed by atoms with Crippen molar-refractivity contribution < 1.29 is 0 Å². The minimum atomic E-state index is 0.637. The summed E-state index contributed by atoms with van der Waals surface area (Å²) >= 11 is 1.49. The minimum absolute atomic E-state index is 0.637. The summed E-state index contributed by atoms with van der Waals surface area (Å²) in [5.41, 5.74) is 1.57. The molecule has 4 nitrogen and oxygen atoms in total. The Kier molecular flexibility index (Phi) is 3.13. The van der Waals surface area contributed by atoms with E-state index in [0.29, 0.717) is 5.56 Å². The predicted molar refractivity (Wildman–Crippen MR) is 64.2 cm³/mol. The van der Waals surface area contributed by atoms with Crippen molar-refractivity contribution in [1.29, 1.82) is 5.26 Å². The topological polar surface area (TPSA) is 61.6 Å². The van der Waals surface area contributed by atoms with Crippen molar-refractivity contribution in [2.75, 3.05) is 11.9 Å². The van der Waals surface area contributed by atoms with E-state index < -0.39 is 0 Å². The molecule has 0 unspecified atom stereocenters. The Morgan fingerprint density at radius 3 is 3.06 bits per heavy atom. The fourth-order valence-electron chi connectivity index (χ4n) is 1.28. The molecule has 0 fully saturated rings. The van der Waals surface area contributed by atoms with E-state index in [9.17, 15) is 0 Å². The molecule has 0 saturated heterocycles. The molecule has 5 heteroatoms. The highest BCUT2D eigenvalue weighted by atomic mass is 32.1. The number of benzene rings is 1. The molecule has 0 atom stereocenters. The summed E-state index contributed by atoms with van der Waals surface area (Å²) in [5, 5.41) is 21.6. The zero-order valence-corrected chi connectivity index (χ0v) is 9.58. The first kappa shape index (κ1) is 10.6. The summed E-state index contributed by atoms with van der Waals surface area (Å²) in [6.45, 7) is 2.84. The van der Waals surface area contributed by atoms with Gasteiger partial charge in [-0.25, -0.2) is 0 Å². The third kappa shape index (κ3) is 2.18. The maximum atomic E-state index is 8.80. The highest BCUT2D eigenvalue weighted by Crippen LogP contribution is 2.26. The van der Waals surface area contributed by atoms with Gasteiger partial charge in [-0.1, -0.05) is 23.5 Å². The van der Waals surface area contributed by atoms with Crippen molar-refractivity contribution in [2.45, 2.75) is 6.92 Å². The molecule has 1 N–H and O–H groups in total. The molecule has 0 aliphatic heterocycles. The number of anilines is 1. The second-order valence-corrected chi connectivity index (χ2v) is 4.11. The molecular formula is C11H10N4S. The Morgan fingerprint density at radius 2 is 2.31 bits per heavy atom. The van der Waals surface area contributed by atoms with Gasteiger partial charge in [0, 0.05) is 12.1 Å². The standard InChI is InChI=1S/C11H10N4S/c1-2-13-11-15-14-10(16-11)9-5-3-4-8(6-9)7-12/h3-6H,2H2,1H3,(H,13,15). The van der Waals surface area contributed by atoms with Crippen LogP contribution in [0.15, 0.2) is 24.3 Å². The maximum absolute atomic E-state index is 8.80. The minimum Gasteiger partial charge on any atom is -0.360 e. The van der Waals surface area contributed by atoms with Crippen LogP contribution in [-0.4, -0.2) is 16.7 Å². The average Bonchev–Trinajstić information content (AvgIpc) is 2.78. The first-order chi connectivity index (χ1) is 7.83. The second kappa shape index (κ2) is 4.73. The largest absolute Gasteiger partial charge is 0.360 e. The highest BCUT2D eigenvalue weighted by Gasteiger charge is 2.06. The molecule has 2 rings (SSSR count). The second-order valence-electron chi connectivity index (χ2n) is 3.14. The van der Waals surface area contributed by atoms with Crippen molar-refractivity contribution in [3.05, 3.63) is 29.8 Å². The Bertz CT molecular complexity index is 527. The van der Waals surface area contributed by atoms with Gasteiger partial charge in [-0.3, -0.25) is 0 Å². The smallest absolute Gasteiger partial charge is 0.205 e. The molecule has 0 radical (unpaired) electrons. The van der Waals surface area contributed by atoms with E-state index >= 15 is 0 Å². The van der Waals surface area contributed by atoms with Gasteiger partial charge in [0.15, 0.2) is 0 Å². The number of rotatable bonds is 3. The van der Waals surface area contributed by atoms with Gasteiger partial charge in [0.25, 0.3) is 0 Å². The van der Waals surface area contributed by atoms with Crippen LogP contribution < -0.4 is 5.32 Å². The van der Waals surface area contributed by atoms with Crippen molar-refractivity contribution in [3.8, 4) is 16.6 Å². The molecule has 0 saturated carbocycles. The van der Waals surface area contributed by atoms with Gasteiger partial charge in [0.1, 0.15) is 5.01 Å². The fraction of sp³-hybridized carbons (Fsp3) is 0.182. The van der Waals surface area contributed by atoms with Gasteiger partial charge in [-0.05, 0) is 19.1 Å². The van der Waals surface area contributed by atoms with Crippen LogP contribution in [0.2, 0.25) is 0 Å². The zero-order chi connectivity index (χ0) is 11.4. The normalized spacial score (nSPS) is 9.75. The van der Waals surface area contributed by atoms with E-state index in [1.54, 1.807) is 6.07 Å². The van der Waals surface area contributed by atoms with Crippen molar-refractivity contribution >= 4 is 16.5 Å².